The first-order chi connectivity index (χ1) is 15.6. The molecule has 0 saturated carbocycles. The lowest BCUT2D eigenvalue weighted by atomic mass is 9.95. The predicted octanol–water partition coefficient (Wildman–Crippen LogP) is 6.54. The average molecular weight is 512 g/mol. The molecule has 0 bridgehead atoms. The third kappa shape index (κ3) is 5.00. The van der Waals surface area contributed by atoms with Gasteiger partial charge in [-0.3, -0.25) is 0 Å². The van der Waals surface area contributed by atoms with Crippen molar-refractivity contribution in [2.24, 2.45) is 4.99 Å². The molecule has 0 aliphatic heterocycles. The van der Waals surface area contributed by atoms with Crippen LogP contribution in [-0.2, 0) is 17.6 Å². The van der Waals surface area contributed by atoms with Gasteiger partial charge in [0.05, 0.1) is 17.7 Å². The first-order valence-electron chi connectivity index (χ1n) is 10.5. The summed E-state index contributed by atoms with van der Waals surface area (Å²) < 4.78 is 11.8. The van der Waals surface area contributed by atoms with E-state index >= 15 is 0 Å². The number of hydrogen-bond donors (Lipinski definition) is 0. The van der Waals surface area contributed by atoms with Gasteiger partial charge in [-0.15, -0.1) is 11.3 Å². The van der Waals surface area contributed by atoms with Crippen LogP contribution in [0.1, 0.15) is 56.5 Å². The second-order valence-corrected chi connectivity index (χ2v) is 9.31. The van der Waals surface area contributed by atoms with Gasteiger partial charge in [-0.1, -0.05) is 34.1 Å². The normalized spacial score (nSPS) is 13.1. The molecule has 0 atom stereocenters. The summed E-state index contributed by atoms with van der Waals surface area (Å²) in [5.74, 6) is -0.379. The fraction of sp³-hybridized carbons (Fsp3) is 0.240. The summed E-state index contributed by atoms with van der Waals surface area (Å²) >= 11 is 5.00. The van der Waals surface area contributed by atoms with Crippen LogP contribution in [-0.4, -0.2) is 24.8 Å². The van der Waals surface area contributed by atoms with Crippen LogP contribution >= 0.6 is 27.3 Å². The van der Waals surface area contributed by atoms with Crippen molar-refractivity contribution >= 4 is 50.4 Å². The Kier molecular flexibility index (Phi) is 7.17. The maximum absolute atomic E-state index is 12.7. The molecule has 1 aliphatic rings. The van der Waals surface area contributed by atoms with Crippen molar-refractivity contribution in [3.8, 4) is 5.75 Å². The van der Waals surface area contributed by atoms with Gasteiger partial charge in [0, 0.05) is 21.1 Å². The van der Waals surface area contributed by atoms with Crippen LogP contribution in [0.25, 0.3) is 0 Å². The number of carbonyl (C=O) groups is 2. The van der Waals surface area contributed by atoms with Gasteiger partial charge in [-0.2, -0.15) is 0 Å². The molecule has 0 spiro atoms. The molecule has 0 saturated heterocycles. The second-order valence-electron chi connectivity index (χ2n) is 7.31. The van der Waals surface area contributed by atoms with E-state index in [9.17, 15) is 9.59 Å². The summed E-state index contributed by atoms with van der Waals surface area (Å²) in [6, 6.07) is 14.2. The average Bonchev–Trinajstić information content (AvgIpc) is 3.18. The van der Waals surface area contributed by atoms with Crippen molar-refractivity contribution < 1.29 is 19.1 Å². The van der Waals surface area contributed by atoms with Crippen molar-refractivity contribution in [2.45, 2.75) is 32.6 Å². The first-order valence-corrected chi connectivity index (χ1v) is 12.1. The van der Waals surface area contributed by atoms with Crippen molar-refractivity contribution in [1.29, 1.82) is 0 Å². The third-order valence-corrected chi connectivity index (χ3v) is 6.83. The van der Waals surface area contributed by atoms with Gasteiger partial charge in [0.1, 0.15) is 10.8 Å². The predicted molar refractivity (Wildman–Crippen MR) is 130 cm³/mol. The standard InChI is InChI=1S/C25H22BrNO4S/c1-2-30-25(29)22-19-10-6-7-11-21(19)32-23(22)27-15-17-14-18(26)12-13-20(17)31-24(28)16-8-4-3-5-9-16/h3-5,8-9,12-15H,2,6-7,10-11H2,1H3/b27-15+. The van der Waals surface area contributed by atoms with Crippen molar-refractivity contribution in [3.63, 3.8) is 0 Å². The monoisotopic (exact) mass is 511 g/mol. The highest BCUT2D eigenvalue weighted by molar-refractivity contribution is 9.10. The van der Waals surface area contributed by atoms with E-state index in [0.717, 1.165) is 35.7 Å². The van der Waals surface area contributed by atoms with Crippen LogP contribution in [0.4, 0.5) is 5.00 Å². The molecule has 1 heterocycles. The molecule has 7 heteroatoms. The van der Waals surface area contributed by atoms with E-state index in [0.29, 0.717) is 34.0 Å². The number of aliphatic imine (C=N–C) groups is 1. The van der Waals surface area contributed by atoms with Crippen LogP contribution in [0.2, 0.25) is 0 Å². The fourth-order valence-corrected chi connectivity index (χ4v) is 5.23. The zero-order valence-corrected chi connectivity index (χ0v) is 20.0. The summed E-state index contributed by atoms with van der Waals surface area (Å²) in [6.45, 7) is 2.12. The Bertz CT molecular complexity index is 1170. The lowest BCUT2D eigenvalue weighted by molar-refractivity contribution is 0.0526. The number of aryl methyl sites for hydroxylation is 1. The van der Waals surface area contributed by atoms with Gasteiger partial charge in [0.25, 0.3) is 0 Å². The maximum atomic E-state index is 12.7. The molecular formula is C25H22BrNO4S. The minimum Gasteiger partial charge on any atom is -0.462 e. The van der Waals surface area contributed by atoms with E-state index in [4.69, 9.17) is 9.47 Å². The van der Waals surface area contributed by atoms with E-state index in [1.54, 1.807) is 49.5 Å². The van der Waals surface area contributed by atoms with Gasteiger partial charge >= 0.3 is 11.9 Å². The van der Waals surface area contributed by atoms with Crippen LogP contribution in [0.15, 0.2) is 58.0 Å². The van der Waals surface area contributed by atoms with Crippen molar-refractivity contribution in [2.75, 3.05) is 6.61 Å². The number of carbonyl (C=O) groups excluding carboxylic acids is 2. The Morgan fingerprint density at radius 2 is 1.88 bits per heavy atom. The van der Waals surface area contributed by atoms with E-state index < -0.39 is 5.97 Å². The topological polar surface area (TPSA) is 65.0 Å². The van der Waals surface area contributed by atoms with Gasteiger partial charge in [-0.05, 0) is 68.5 Å². The molecule has 0 fully saturated rings. The molecular weight excluding hydrogens is 490 g/mol. The number of ether oxygens (including phenoxy) is 2. The molecule has 4 rings (SSSR count). The van der Waals surface area contributed by atoms with E-state index in [-0.39, 0.29) is 5.97 Å². The number of benzene rings is 2. The lowest BCUT2D eigenvalue weighted by Gasteiger charge is -2.11. The Labute approximate surface area is 199 Å². The molecule has 1 aromatic heterocycles. The summed E-state index contributed by atoms with van der Waals surface area (Å²) in [6.07, 6.45) is 5.64. The minimum atomic E-state index is -0.443. The molecule has 1 aliphatic carbocycles. The smallest absolute Gasteiger partial charge is 0.343 e. The van der Waals surface area contributed by atoms with Gasteiger partial charge < -0.3 is 9.47 Å². The molecule has 0 amide bonds. The van der Waals surface area contributed by atoms with Crippen LogP contribution in [0, 0.1) is 0 Å². The molecule has 0 radical (unpaired) electrons. The quantitative estimate of drug-likeness (QED) is 0.214. The number of nitrogens with zero attached hydrogens (tertiary/aromatic N) is 1. The summed E-state index contributed by atoms with van der Waals surface area (Å²) in [4.78, 5) is 31.1. The van der Waals surface area contributed by atoms with Crippen LogP contribution in [0.3, 0.4) is 0 Å². The SMILES string of the molecule is CCOC(=O)c1c(/N=C/c2cc(Br)ccc2OC(=O)c2ccccc2)sc2c1CCCC2. The summed E-state index contributed by atoms with van der Waals surface area (Å²) in [7, 11) is 0. The Hall–Kier alpha value is -2.77. The fourth-order valence-electron chi connectivity index (χ4n) is 3.63. The molecule has 32 heavy (non-hydrogen) atoms. The first kappa shape index (κ1) is 22.4. The number of hydrogen-bond acceptors (Lipinski definition) is 6. The van der Waals surface area contributed by atoms with Crippen LogP contribution in [0.5, 0.6) is 5.75 Å². The lowest BCUT2D eigenvalue weighted by Crippen LogP contribution is -2.10. The molecule has 0 unspecified atom stereocenters. The van der Waals surface area contributed by atoms with Crippen molar-refractivity contribution in [3.05, 3.63) is 80.1 Å². The third-order valence-electron chi connectivity index (χ3n) is 5.14. The van der Waals surface area contributed by atoms with E-state index in [2.05, 4.69) is 20.9 Å². The number of rotatable bonds is 6. The number of fused-ring (bicyclic) bond motifs is 1. The zero-order valence-electron chi connectivity index (χ0n) is 17.6. The minimum absolute atomic E-state index is 0.317. The maximum Gasteiger partial charge on any atom is 0.343 e. The largest absolute Gasteiger partial charge is 0.462 e. The van der Waals surface area contributed by atoms with E-state index in [1.165, 1.54) is 16.2 Å². The highest BCUT2D eigenvalue weighted by atomic mass is 79.9. The highest BCUT2D eigenvalue weighted by Crippen LogP contribution is 2.40. The summed E-state index contributed by atoms with van der Waals surface area (Å²) in [5, 5.41) is 0.635. The van der Waals surface area contributed by atoms with Crippen LogP contribution < -0.4 is 4.74 Å². The van der Waals surface area contributed by atoms with Crippen molar-refractivity contribution in [1.82, 2.24) is 0 Å². The highest BCUT2D eigenvalue weighted by Gasteiger charge is 2.26. The van der Waals surface area contributed by atoms with Gasteiger partial charge in [0.2, 0.25) is 0 Å². The second kappa shape index (κ2) is 10.2. The molecule has 5 nitrogen and oxygen atoms in total. The number of halogens is 1. The molecule has 164 valence electrons. The summed E-state index contributed by atoms with van der Waals surface area (Å²) in [5.41, 5.74) is 2.73. The molecule has 0 N–H and O–H groups in total. The Morgan fingerprint density at radius 1 is 1.09 bits per heavy atom. The number of thiophene rings is 1. The van der Waals surface area contributed by atoms with E-state index in [1.807, 2.05) is 12.1 Å². The molecule has 3 aromatic rings. The Balaban J connectivity index is 1.67. The number of esters is 2. The van der Waals surface area contributed by atoms with Gasteiger partial charge in [-0.25, -0.2) is 14.6 Å². The zero-order chi connectivity index (χ0) is 22.5. The van der Waals surface area contributed by atoms with Gasteiger partial charge in [0.15, 0.2) is 0 Å². The Morgan fingerprint density at radius 3 is 2.66 bits per heavy atom. The molecule has 2 aromatic carbocycles.